The molecular formula is C27H22BrClN2O4. The Morgan fingerprint density at radius 2 is 1.69 bits per heavy atom. The molecule has 4 amide bonds. The average molecular weight is 554 g/mol. The summed E-state index contributed by atoms with van der Waals surface area (Å²) < 4.78 is 6.60. The van der Waals surface area contributed by atoms with Crippen molar-refractivity contribution in [2.45, 2.75) is 27.4 Å². The molecule has 1 heterocycles. The Kier molecular flexibility index (Phi) is 7.10. The summed E-state index contributed by atoms with van der Waals surface area (Å²) in [7, 11) is 0. The largest absolute Gasteiger partial charge is 0.488 e. The second kappa shape index (κ2) is 10.1. The molecule has 0 spiro atoms. The number of rotatable bonds is 5. The number of benzene rings is 3. The number of urea groups is 1. The van der Waals surface area contributed by atoms with Gasteiger partial charge in [0, 0.05) is 5.02 Å². The zero-order valence-electron chi connectivity index (χ0n) is 19.3. The molecule has 178 valence electrons. The maximum Gasteiger partial charge on any atom is 0.335 e. The molecule has 3 aromatic rings. The first-order valence-corrected chi connectivity index (χ1v) is 12.0. The molecule has 8 heteroatoms. The Morgan fingerprint density at radius 3 is 2.40 bits per heavy atom. The Labute approximate surface area is 216 Å². The van der Waals surface area contributed by atoms with E-state index in [1.165, 1.54) is 23.3 Å². The van der Waals surface area contributed by atoms with Crippen LogP contribution in [0.5, 0.6) is 5.75 Å². The first-order chi connectivity index (χ1) is 16.6. The van der Waals surface area contributed by atoms with E-state index in [-0.39, 0.29) is 5.57 Å². The fraction of sp³-hybridized carbons (Fsp3) is 0.148. The van der Waals surface area contributed by atoms with Gasteiger partial charge >= 0.3 is 6.03 Å². The average Bonchev–Trinajstić information content (AvgIpc) is 2.80. The Morgan fingerprint density at radius 1 is 0.943 bits per heavy atom. The monoisotopic (exact) mass is 552 g/mol. The van der Waals surface area contributed by atoms with Gasteiger partial charge in [0.25, 0.3) is 11.8 Å². The molecule has 35 heavy (non-hydrogen) atoms. The predicted molar refractivity (Wildman–Crippen MR) is 140 cm³/mol. The second-order valence-electron chi connectivity index (χ2n) is 8.29. The summed E-state index contributed by atoms with van der Waals surface area (Å²) >= 11 is 9.57. The molecule has 3 aromatic carbocycles. The summed E-state index contributed by atoms with van der Waals surface area (Å²) in [6.07, 6.45) is 1.44. The summed E-state index contributed by atoms with van der Waals surface area (Å²) in [6, 6.07) is 15.5. The molecule has 1 aliphatic rings. The summed E-state index contributed by atoms with van der Waals surface area (Å²) in [4.78, 5) is 39.1. The number of anilines is 1. The standard InChI is InChI=1S/C27H22BrClN2O4/c1-15-4-6-19(10-17(15)3)14-35-24-9-7-18(12-22(24)28)11-21-25(32)30-27(34)31(26(21)33)23-13-20(29)8-5-16(23)2/h4-13H,14H2,1-3H3,(H,30,32,34)/b21-11+. The van der Waals surface area contributed by atoms with Gasteiger partial charge in [0.05, 0.1) is 10.2 Å². The van der Waals surface area contributed by atoms with Crippen LogP contribution in [0.15, 0.2) is 64.6 Å². The van der Waals surface area contributed by atoms with Gasteiger partial charge in [-0.3, -0.25) is 14.9 Å². The fourth-order valence-electron chi connectivity index (χ4n) is 3.64. The molecule has 0 radical (unpaired) electrons. The third kappa shape index (κ3) is 5.31. The summed E-state index contributed by atoms with van der Waals surface area (Å²) in [5.74, 6) is -0.867. The van der Waals surface area contributed by atoms with Gasteiger partial charge in [-0.25, -0.2) is 9.69 Å². The lowest BCUT2D eigenvalue weighted by molar-refractivity contribution is -0.122. The van der Waals surface area contributed by atoms with Crippen LogP contribution in [0.25, 0.3) is 6.08 Å². The number of carbonyl (C=O) groups is 3. The zero-order chi connectivity index (χ0) is 25.3. The summed E-state index contributed by atoms with van der Waals surface area (Å²) in [6.45, 7) is 6.27. The number of nitrogens with one attached hydrogen (secondary N) is 1. The normalized spacial score (nSPS) is 14.9. The molecule has 0 atom stereocenters. The van der Waals surface area contributed by atoms with E-state index in [0.717, 1.165) is 10.5 Å². The number of amides is 4. The molecule has 0 aromatic heterocycles. The number of barbiturate groups is 1. The lowest BCUT2D eigenvalue weighted by atomic mass is 10.1. The number of imide groups is 2. The molecular weight excluding hydrogens is 532 g/mol. The number of hydrogen-bond donors (Lipinski definition) is 1. The summed E-state index contributed by atoms with van der Waals surface area (Å²) in [5, 5.41) is 2.60. The maximum atomic E-state index is 13.2. The SMILES string of the molecule is Cc1ccc(COc2ccc(/C=C3\C(=O)NC(=O)N(c4cc(Cl)ccc4C)C3=O)cc2Br)cc1C. The van der Waals surface area contributed by atoms with Crippen molar-refractivity contribution in [2.75, 3.05) is 4.90 Å². The van der Waals surface area contributed by atoms with Crippen molar-refractivity contribution >= 4 is 57.1 Å². The van der Waals surface area contributed by atoms with E-state index in [9.17, 15) is 14.4 Å². The molecule has 1 N–H and O–H groups in total. The van der Waals surface area contributed by atoms with Gasteiger partial charge in [0.1, 0.15) is 17.9 Å². The second-order valence-corrected chi connectivity index (χ2v) is 9.58. The first kappa shape index (κ1) is 24.7. The van der Waals surface area contributed by atoms with Gasteiger partial charge in [-0.15, -0.1) is 0 Å². The zero-order valence-corrected chi connectivity index (χ0v) is 21.7. The first-order valence-electron chi connectivity index (χ1n) is 10.8. The van der Waals surface area contributed by atoms with Crippen LogP contribution in [0.3, 0.4) is 0 Å². The van der Waals surface area contributed by atoms with Crippen LogP contribution >= 0.6 is 27.5 Å². The van der Waals surface area contributed by atoms with Crippen LogP contribution in [0, 0.1) is 20.8 Å². The van der Waals surface area contributed by atoms with Crippen molar-refractivity contribution in [1.82, 2.24) is 5.32 Å². The molecule has 4 rings (SSSR count). The molecule has 1 saturated heterocycles. The van der Waals surface area contributed by atoms with E-state index < -0.39 is 17.8 Å². The van der Waals surface area contributed by atoms with E-state index in [0.29, 0.717) is 38.7 Å². The van der Waals surface area contributed by atoms with E-state index >= 15 is 0 Å². The topological polar surface area (TPSA) is 75.7 Å². The van der Waals surface area contributed by atoms with E-state index in [1.807, 2.05) is 6.07 Å². The van der Waals surface area contributed by atoms with Gasteiger partial charge in [0.15, 0.2) is 0 Å². The van der Waals surface area contributed by atoms with Crippen molar-refractivity contribution in [2.24, 2.45) is 0 Å². The van der Waals surface area contributed by atoms with Crippen LogP contribution < -0.4 is 15.0 Å². The van der Waals surface area contributed by atoms with Gasteiger partial charge < -0.3 is 4.74 Å². The highest BCUT2D eigenvalue weighted by Crippen LogP contribution is 2.30. The number of halogens is 2. The number of nitrogens with zero attached hydrogens (tertiary/aromatic N) is 1. The molecule has 1 fully saturated rings. The van der Waals surface area contributed by atoms with Crippen molar-refractivity contribution in [3.63, 3.8) is 0 Å². The number of hydrogen-bond acceptors (Lipinski definition) is 4. The van der Waals surface area contributed by atoms with Crippen molar-refractivity contribution in [3.05, 3.63) is 97.5 Å². The van der Waals surface area contributed by atoms with Gasteiger partial charge in [-0.05, 0) is 94.9 Å². The lowest BCUT2D eigenvalue weighted by Crippen LogP contribution is -2.54. The van der Waals surface area contributed by atoms with Crippen LogP contribution in [-0.4, -0.2) is 17.8 Å². The minimum atomic E-state index is -0.821. The van der Waals surface area contributed by atoms with E-state index in [4.69, 9.17) is 16.3 Å². The van der Waals surface area contributed by atoms with Gasteiger partial charge in [-0.1, -0.05) is 41.9 Å². The molecule has 1 aliphatic heterocycles. The minimum Gasteiger partial charge on any atom is -0.488 e. The van der Waals surface area contributed by atoms with Crippen LogP contribution in [0.2, 0.25) is 5.02 Å². The Hall–Kier alpha value is -3.42. The van der Waals surface area contributed by atoms with Crippen LogP contribution in [0.1, 0.15) is 27.8 Å². The minimum absolute atomic E-state index is 0.167. The quantitative estimate of drug-likeness (QED) is 0.298. The highest BCUT2D eigenvalue weighted by molar-refractivity contribution is 9.10. The predicted octanol–water partition coefficient (Wildman–Crippen LogP) is 6.27. The third-order valence-corrected chi connectivity index (χ3v) is 6.60. The number of carbonyl (C=O) groups excluding carboxylic acids is 3. The van der Waals surface area contributed by atoms with Crippen molar-refractivity contribution in [3.8, 4) is 5.75 Å². The molecule has 0 aliphatic carbocycles. The lowest BCUT2D eigenvalue weighted by Gasteiger charge is -2.27. The third-order valence-electron chi connectivity index (χ3n) is 5.75. The highest BCUT2D eigenvalue weighted by Gasteiger charge is 2.37. The number of aryl methyl sites for hydroxylation is 3. The summed E-state index contributed by atoms with van der Waals surface area (Å²) in [5.41, 5.74) is 4.87. The van der Waals surface area contributed by atoms with Gasteiger partial charge in [-0.2, -0.15) is 0 Å². The van der Waals surface area contributed by atoms with E-state index in [1.54, 1.807) is 37.3 Å². The van der Waals surface area contributed by atoms with Crippen molar-refractivity contribution in [1.29, 1.82) is 0 Å². The van der Waals surface area contributed by atoms with Gasteiger partial charge in [0.2, 0.25) is 0 Å². The van der Waals surface area contributed by atoms with Crippen molar-refractivity contribution < 1.29 is 19.1 Å². The molecule has 0 saturated carbocycles. The highest BCUT2D eigenvalue weighted by atomic mass is 79.9. The molecule has 0 unspecified atom stereocenters. The maximum absolute atomic E-state index is 13.2. The number of ether oxygens (including phenoxy) is 1. The Bertz CT molecular complexity index is 1400. The van der Waals surface area contributed by atoms with Crippen LogP contribution in [0.4, 0.5) is 10.5 Å². The van der Waals surface area contributed by atoms with E-state index in [2.05, 4.69) is 47.2 Å². The molecule has 0 bridgehead atoms. The smallest absolute Gasteiger partial charge is 0.335 e. The van der Waals surface area contributed by atoms with Crippen LogP contribution in [-0.2, 0) is 16.2 Å². The molecule has 6 nitrogen and oxygen atoms in total. The Balaban J connectivity index is 1.58. The fourth-order valence-corrected chi connectivity index (χ4v) is 4.32.